The molecule has 1 heterocycles. The van der Waals surface area contributed by atoms with Gasteiger partial charge >= 0.3 is 0 Å². The maximum atomic E-state index is 9.14. The second-order valence-electron chi connectivity index (χ2n) is 2.92. The lowest BCUT2D eigenvalue weighted by Crippen LogP contribution is -2.66. The highest BCUT2D eigenvalue weighted by atomic mass is 16.7. The van der Waals surface area contributed by atoms with Crippen LogP contribution in [-0.2, 0) is 4.74 Å². The topological polar surface area (TPSA) is 131 Å². The highest BCUT2D eigenvalue weighted by Gasteiger charge is 2.53. The lowest BCUT2D eigenvalue weighted by Gasteiger charge is -2.42. The maximum absolute atomic E-state index is 9.14. The van der Waals surface area contributed by atoms with Crippen LogP contribution in [0.1, 0.15) is 0 Å². The van der Waals surface area contributed by atoms with Crippen LogP contribution in [0.3, 0.4) is 0 Å². The minimum Gasteiger partial charge on any atom is -0.393 e. The molecule has 0 saturated carbocycles. The summed E-state index contributed by atoms with van der Waals surface area (Å²) in [4.78, 5) is 0. The molecule has 1 rings (SSSR count). The van der Waals surface area contributed by atoms with Gasteiger partial charge in [0.05, 0.1) is 6.61 Å². The average Bonchev–Trinajstić information content (AvgIpc) is 2.08. The van der Waals surface area contributed by atoms with Gasteiger partial charge in [0.25, 0.3) is 0 Å². The molecule has 78 valence electrons. The molecule has 7 heteroatoms. The Labute approximate surface area is 73.4 Å². The van der Waals surface area contributed by atoms with E-state index in [0.29, 0.717) is 0 Å². The summed E-state index contributed by atoms with van der Waals surface area (Å²) in [5.41, 5.74) is 0. The molecular formula is C6H12O7. The highest BCUT2D eigenvalue weighted by Crippen LogP contribution is 2.26. The molecule has 0 radical (unpaired) electrons. The summed E-state index contributed by atoms with van der Waals surface area (Å²) in [5.74, 6) is -2.77. The molecule has 0 bridgehead atoms. The molecule has 0 aliphatic carbocycles. The number of hydrogen-bond donors (Lipinski definition) is 6. The highest BCUT2D eigenvalue weighted by molar-refractivity contribution is 4.93. The van der Waals surface area contributed by atoms with Crippen LogP contribution in [0.2, 0.25) is 0 Å². The van der Waals surface area contributed by atoms with E-state index in [1.165, 1.54) is 0 Å². The molecule has 6 N–H and O–H groups in total. The van der Waals surface area contributed by atoms with Gasteiger partial charge in [-0.25, -0.2) is 0 Å². The maximum Gasteiger partial charge on any atom is 0.221 e. The van der Waals surface area contributed by atoms with Crippen molar-refractivity contribution in [2.45, 2.75) is 30.4 Å². The zero-order chi connectivity index (χ0) is 10.2. The van der Waals surface area contributed by atoms with Crippen LogP contribution in [0.25, 0.3) is 0 Å². The van der Waals surface area contributed by atoms with Gasteiger partial charge in [-0.2, -0.15) is 0 Å². The Kier molecular flexibility index (Phi) is 2.88. The van der Waals surface area contributed by atoms with Gasteiger partial charge < -0.3 is 35.4 Å². The van der Waals surface area contributed by atoms with Gasteiger partial charge in [-0.05, 0) is 0 Å². The summed E-state index contributed by atoms with van der Waals surface area (Å²) < 4.78 is 4.43. The van der Waals surface area contributed by atoms with Crippen molar-refractivity contribution >= 4 is 0 Å². The Hall–Kier alpha value is -0.280. The van der Waals surface area contributed by atoms with Gasteiger partial charge in [-0.15, -0.1) is 0 Å². The smallest absolute Gasteiger partial charge is 0.221 e. The lowest BCUT2D eigenvalue weighted by atomic mass is 9.95. The van der Waals surface area contributed by atoms with E-state index in [1.54, 1.807) is 0 Å². The van der Waals surface area contributed by atoms with Gasteiger partial charge in [0.15, 0.2) is 6.29 Å². The Bertz CT molecular complexity index is 178. The van der Waals surface area contributed by atoms with Crippen LogP contribution >= 0.6 is 0 Å². The van der Waals surface area contributed by atoms with Crippen LogP contribution in [0, 0.1) is 0 Å². The second kappa shape index (κ2) is 3.46. The summed E-state index contributed by atoms with van der Waals surface area (Å²) in [5, 5.41) is 53.8. The summed E-state index contributed by atoms with van der Waals surface area (Å²) in [6.07, 6.45) is -7.12. The van der Waals surface area contributed by atoms with Gasteiger partial charge in [-0.1, -0.05) is 0 Å². The van der Waals surface area contributed by atoms with Gasteiger partial charge in [-0.3, -0.25) is 0 Å². The van der Waals surface area contributed by atoms with Crippen LogP contribution in [0.15, 0.2) is 0 Å². The summed E-state index contributed by atoms with van der Waals surface area (Å²) in [6, 6.07) is 0. The monoisotopic (exact) mass is 196 g/mol. The molecule has 0 spiro atoms. The molecule has 4 atom stereocenters. The van der Waals surface area contributed by atoms with Crippen molar-refractivity contribution in [1.82, 2.24) is 0 Å². The van der Waals surface area contributed by atoms with Crippen molar-refractivity contribution in [3.8, 4) is 0 Å². The lowest BCUT2D eigenvalue weighted by molar-refractivity contribution is -0.380. The predicted octanol–water partition coefficient (Wildman–Crippen LogP) is -3.90. The van der Waals surface area contributed by atoms with Crippen molar-refractivity contribution in [2.24, 2.45) is 0 Å². The van der Waals surface area contributed by atoms with Crippen LogP contribution in [0.4, 0.5) is 0 Å². The second-order valence-corrected chi connectivity index (χ2v) is 2.92. The van der Waals surface area contributed by atoms with E-state index in [0.717, 1.165) is 0 Å². The summed E-state index contributed by atoms with van der Waals surface area (Å²) in [7, 11) is 0. The molecule has 1 fully saturated rings. The number of aliphatic hydroxyl groups is 6. The molecule has 0 aromatic heterocycles. The molecule has 13 heavy (non-hydrogen) atoms. The largest absolute Gasteiger partial charge is 0.393 e. The Morgan fingerprint density at radius 3 is 2.15 bits per heavy atom. The van der Waals surface area contributed by atoms with Crippen molar-refractivity contribution < 1.29 is 35.4 Å². The number of hydrogen-bond acceptors (Lipinski definition) is 7. The zero-order valence-electron chi connectivity index (χ0n) is 6.61. The third-order valence-electron chi connectivity index (χ3n) is 1.99. The SMILES string of the molecule is OC[C@H]1O[C@H](O)[C@H](O)[C@@H](O)C1(O)O. The van der Waals surface area contributed by atoms with Crippen molar-refractivity contribution in [2.75, 3.05) is 6.61 Å². The number of ether oxygens (including phenoxy) is 1. The standard InChI is InChI=1S/C6H12O7/c7-1-2-6(11,12)4(9)3(8)5(10)13-2/h2-5,7-12H,1H2/t2-,3-,4-,5+/m1/s1. The third-order valence-corrected chi connectivity index (χ3v) is 1.99. The first-order valence-electron chi connectivity index (χ1n) is 3.66. The molecule has 0 aromatic rings. The molecule has 0 aromatic carbocycles. The fraction of sp³-hybridized carbons (Fsp3) is 1.00. The first kappa shape index (κ1) is 10.8. The molecule has 1 aliphatic rings. The normalized spacial score (nSPS) is 44.8. The van der Waals surface area contributed by atoms with E-state index < -0.39 is 37.0 Å². The molecular weight excluding hydrogens is 184 g/mol. The van der Waals surface area contributed by atoms with Crippen LogP contribution in [-0.4, -0.2) is 67.6 Å². The fourth-order valence-corrected chi connectivity index (χ4v) is 1.12. The Balaban J connectivity index is 2.82. The van der Waals surface area contributed by atoms with E-state index in [4.69, 9.17) is 30.6 Å². The van der Waals surface area contributed by atoms with Crippen molar-refractivity contribution in [3.05, 3.63) is 0 Å². The van der Waals surface area contributed by atoms with Gasteiger partial charge in [0.2, 0.25) is 5.79 Å². The van der Waals surface area contributed by atoms with E-state index in [2.05, 4.69) is 4.74 Å². The number of rotatable bonds is 1. The minimum atomic E-state index is -2.77. The van der Waals surface area contributed by atoms with E-state index in [1.807, 2.05) is 0 Å². The fourth-order valence-electron chi connectivity index (χ4n) is 1.12. The quantitative estimate of drug-likeness (QED) is 0.236. The Morgan fingerprint density at radius 1 is 1.15 bits per heavy atom. The predicted molar refractivity (Wildman–Crippen MR) is 37.1 cm³/mol. The first-order chi connectivity index (χ1) is 5.91. The molecule has 1 aliphatic heterocycles. The number of aliphatic hydroxyl groups excluding tert-OH is 4. The molecule has 7 nitrogen and oxygen atoms in total. The average molecular weight is 196 g/mol. The van der Waals surface area contributed by atoms with E-state index >= 15 is 0 Å². The van der Waals surface area contributed by atoms with Crippen molar-refractivity contribution in [3.63, 3.8) is 0 Å². The van der Waals surface area contributed by atoms with E-state index in [9.17, 15) is 0 Å². The van der Waals surface area contributed by atoms with Gasteiger partial charge in [0.1, 0.15) is 18.3 Å². The van der Waals surface area contributed by atoms with Crippen molar-refractivity contribution in [1.29, 1.82) is 0 Å². The first-order valence-corrected chi connectivity index (χ1v) is 3.66. The molecule has 1 saturated heterocycles. The minimum absolute atomic E-state index is 0.798. The third kappa shape index (κ3) is 1.67. The summed E-state index contributed by atoms with van der Waals surface area (Å²) >= 11 is 0. The molecule has 0 amide bonds. The summed E-state index contributed by atoms with van der Waals surface area (Å²) in [6.45, 7) is -0.798. The van der Waals surface area contributed by atoms with Gasteiger partial charge in [0, 0.05) is 0 Å². The van der Waals surface area contributed by atoms with E-state index in [-0.39, 0.29) is 0 Å². The molecule has 0 unspecified atom stereocenters. The zero-order valence-corrected chi connectivity index (χ0v) is 6.61. The van der Waals surface area contributed by atoms with Crippen LogP contribution < -0.4 is 0 Å². The van der Waals surface area contributed by atoms with Crippen LogP contribution in [0.5, 0.6) is 0 Å². The Morgan fingerprint density at radius 2 is 1.69 bits per heavy atom.